The number of aromatic nitrogens is 2. The average Bonchev–Trinajstić information content (AvgIpc) is 2.32. The number of nitrogens with two attached hydrogens (primary N) is 1. The van der Waals surface area contributed by atoms with Crippen LogP contribution >= 0.6 is 0 Å². The SMILES string of the molecule is CCCN(CCN(C)C)c1cc(N)nc(C(C)(C)C)n1. The first-order chi connectivity index (χ1) is 9.24. The highest BCUT2D eigenvalue weighted by atomic mass is 15.2. The van der Waals surface area contributed by atoms with E-state index >= 15 is 0 Å². The van der Waals surface area contributed by atoms with E-state index in [4.69, 9.17) is 10.7 Å². The molecule has 0 aliphatic carbocycles. The Balaban J connectivity index is 3.03. The fraction of sp³-hybridized carbons (Fsp3) is 0.733. The third-order valence-electron chi connectivity index (χ3n) is 3.04. The number of hydrogen-bond donors (Lipinski definition) is 1. The zero-order chi connectivity index (χ0) is 15.3. The van der Waals surface area contributed by atoms with E-state index in [1.165, 1.54) is 0 Å². The summed E-state index contributed by atoms with van der Waals surface area (Å²) in [6.45, 7) is 11.4. The Morgan fingerprint density at radius 2 is 1.75 bits per heavy atom. The van der Waals surface area contributed by atoms with Gasteiger partial charge in [-0.15, -0.1) is 0 Å². The molecule has 0 bridgehead atoms. The number of anilines is 2. The van der Waals surface area contributed by atoms with E-state index in [-0.39, 0.29) is 5.41 Å². The summed E-state index contributed by atoms with van der Waals surface area (Å²) in [6, 6.07) is 1.88. The highest BCUT2D eigenvalue weighted by Crippen LogP contribution is 2.23. The lowest BCUT2D eigenvalue weighted by atomic mass is 9.96. The van der Waals surface area contributed by atoms with Crippen molar-refractivity contribution in [3.8, 4) is 0 Å². The van der Waals surface area contributed by atoms with Crippen LogP contribution in [0.25, 0.3) is 0 Å². The van der Waals surface area contributed by atoms with Crippen LogP contribution in [0.1, 0.15) is 39.9 Å². The molecule has 0 saturated heterocycles. The topological polar surface area (TPSA) is 58.3 Å². The molecule has 0 amide bonds. The Labute approximate surface area is 123 Å². The summed E-state index contributed by atoms with van der Waals surface area (Å²) in [7, 11) is 4.16. The standard InChI is InChI=1S/C15H29N5/c1-7-8-20(10-9-19(5)6)13-11-12(16)17-14(18-13)15(2,3)4/h11H,7-10H2,1-6H3,(H2,16,17,18). The maximum absolute atomic E-state index is 5.96. The van der Waals surface area contributed by atoms with Crippen molar-refractivity contribution in [1.82, 2.24) is 14.9 Å². The number of nitrogen functional groups attached to an aromatic ring is 1. The molecule has 1 rings (SSSR count). The van der Waals surface area contributed by atoms with Crippen molar-refractivity contribution >= 4 is 11.6 Å². The molecule has 1 heterocycles. The van der Waals surface area contributed by atoms with Crippen LogP contribution in [0.15, 0.2) is 6.07 Å². The third-order valence-corrected chi connectivity index (χ3v) is 3.04. The van der Waals surface area contributed by atoms with E-state index < -0.39 is 0 Å². The van der Waals surface area contributed by atoms with Gasteiger partial charge < -0.3 is 15.5 Å². The van der Waals surface area contributed by atoms with Gasteiger partial charge in [0.25, 0.3) is 0 Å². The van der Waals surface area contributed by atoms with Crippen molar-refractivity contribution in [2.45, 2.75) is 39.5 Å². The molecule has 1 aromatic heterocycles. The predicted octanol–water partition coefficient (Wildman–Crippen LogP) is 2.13. The lowest BCUT2D eigenvalue weighted by Gasteiger charge is -2.27. The smallest absolute Gasteiger partial charge is 0.138 e. The molecular formula is C15H29N5. The second kappa shape index (κ2) is 6.88. The van der Waals surface area contributed by atoms with Gasteiger partial charge in [-0.3, -0.25) is 0 Å². The van der Waals surface area contributed by atoms with Gasteiger partial charge in [0.2, 0.25) is 0 Å². The zero-order valence-corrected chi connectivity index (χ0v) is 13.8. The van der Waals surface area contributed by atoms with E-state index in [1.54, 1.807) is 0 Å². The Morgan fingerprint density at radius 1 is 1.10 bits per heavy atom. The molecule has 0 radical (unpaired) electrons. The highest BCUT2D eigenvalue weighted by Gasteiger charge is 2.20. The largest absolute Gasteiger partial charge is 0.384 e. The van der Waals surface area contributed by atoms with Gasteiger partial charge in [-0.05, 0) is 20.5 Å². The number of hydrogen-bond acceptors (Lipinski definition) is 5. The second-order valence-electron chi connectivity index (χ2n) is 6.51. The van der Waals surface area contributed by atoms with Crippen molar-refractivity contribution in [1.29, 1.82) is 0 Å². The number of likely N-dealkylation sites (N-methyl/N-ethyl adjacent to an activating group) is 1. The molecule has 0 aliphatic rings. The van der Waals surface area contributed by atoms with Crippen LogP contribution in [0, 0.1) is 0 Å². The van der Waals surface area contributed by atoms with Gasteiger partial charge in [0.05, 0.1) is 0 Å². The summed E-state index contributed by atoms with van der Waals surface area (Å²) in [6.07, 6.45) is 1.09. The molecule has 0 atom stereocenters. The summed E-state index contributed by atoms with van der Waals surface area (Å²) in [5.41, 5.74) is 5.86. The van der Waals surface area contributed by atoms with Crippen LogP contribution in [-0.4, -0.2) is 48.6 Å². The first-order valence-corrected chi connectivity index (χ1v) is 7.28. The van der Waals surface area contributed by atoms with Crippen LogP contribution in [0.4, 0.5) is 11.6 Å². The van der Waals surface area contributed by atoms with Crippen LogP contribution in [0.2, 0.25) is 0 Å². The van der Waals surface area contributed by atoms with Crippen LogP contribution < -0.4 is 10.6 Å². The molecule has 114 valence electrons. The highest BCUT2D eigenvalue weighted by molar-refractivity contribution is 5.47. The molecule has 5 heteroatoms. The summed E-state index contributed by atoms with van der Waals surface area (Å²) in [5, 5.41) is 0. The molecule has 0 aromatic carbocycles. The van der Waals surface area contributed by atoms with Gasteiger partial charge in [0.15, 0.2) is 0 Å². The first kappa shape index (κ1) is 16.7. The van der Waals surface area contributed by atoms with Crippen LogP contribution in [0.5, 0.6) is 0 Å². The van der Waals surface area contributed by atoms with Gasteiger partial charge in [0.1, 0.15) is 17.5 Å². The van der Waals surface area contributed by atoms with Crippen molar-refractivity contribution in [3.63, 3.8) is 0 Å². The quantitative estimate of drug-likeness (QED) is 0.864. The zero-order valence-electron chi connectivity index (χ0n) is 13.8. The van der Waals surface area contributed by atoms with E-state index in [0.29, 0.717) is 5.82 Å². The van der Waals surface area contributed by atoms with Gasteiger partial charge in [-0.25, -0.2) is 9.97 Å². The minimum atomic E-state index is -0.0937. The molecule has 1 aromatic rings. The van der Waals surface area contributed by atoms with Gasteiger partial charge in [-0.1, -0.05) is 27.7 Å². The molecule has 0 saturated carbocycles. The van der Waals surface area contributed by atoms with E-state index in [1.807, 2.05) is 6.07 Å². The second-order valence-corrected chi connectivity index (χ2v) is 6.51. The third kappa shape index (κ3) is 4.96. The maximum atomic E-state index is 5.96. The lowest BCUT2D eigenvalue weighted by molar-refractivity contribution is 0.412. The predicted molar refractivity (Wildman–Crippen MR) is 86.2 cm³/mol. The lowest BCUT2D eigenvalue weighted by Crippen LogP contribution is -2.33. The minimum Gasteiger partial charge on any atom is -0.384 e. The van der Waals surface area contributed by atoms with Gasteiger partial charge in [-0.2, -0.15) is 0 Å². The molecule has 20 heavy (non-hydrogen) atoms. The average molecular weight is 279 g/mol. The molecule has 0 spiro atoms. The fourth-order valence-corrected chi connectivity index (χ4v) is 1.88. The Kier molecular flexibility index (Phi) is 5.74. The minimum absolute atomic E-state index is 0.0937. The van der Waals surface area contributed by atoms with Crippen LogP contribution in [-0.2, 0) is 5.41 Å². The molecule has 5 nitrogen and oxygen atoms in total. The van der Waals surface area contributed by atoms with Crippen molar-refractivity contribution in [2.75, 3.05) is 44.4 Å². The molecule has 0 aliphatic heterocycles. The van der Waals surface area contributed by atoms with E-state index in [2.05, 4.69) is 56.6 Å². The van der Waals surface area contributed by atoms with Crippen molar-refractivity contribution in [3.05, 3.63) is 11.9 Å². The molecule has 0 unspecified atom stereocenters. The van der Waals surface area contributed by atoms with Crippen molar-refractivity contribution in [2.24, 2.45) is 0 Å². The van der Waals surface area contributed by atoms with Crippen LogP contribution in [0.3, 0.4) is 0 Å². The summed E-state index contributed by atoms with van der Waals surface area (Å²) in [5.74, 6) is 2.29. The summed E-state index contributed by atoms with van der Waals surface area (Å²) in [4.78, 5) is 13.6. The molecule has 0 fully saturated rings. The number of nitrogens with zero attached hydrogens (tertiary/aromatic N) is 4. The summed E-state index contributed by atoms with van der Waals surface area (Å²) >= 11 is 0. The Bertz CT molecular complexity index is 423. The maximum Gasteiger partial charge on any atom is 0.138 e. The fourth-order valence-electron chi connectivity index (χ4n) is 1.88. The van der Waals surface area contributed by atoms with Crippen molar-refractivity contribution < 1.29 is 0 Å². The molecule has 2 N–H and O–H groups in total. The Hall–Kier alpha value is -1.36. The number of rotatable bonds is 6. The monoisotopic (exact) mass is 279 g/mol. The first-order valence-electron chi connectivity index (χ1n) is 7.28. The molecular weight excluding hydrogens is 250 g/mol. The Morgan fingerprint density at radius 3 is 2.25 bits per heavy atom. The summed E-state index contributed by atoms with van der Waals surface area (Å²) < 4.78 is 0. The van der Waals surface area contributed by atoms with Gasteiger partial charge in [0, 0.05) is 31.1 Å². The normalized spacial score (nSPS) is 11.9. The van der Waals surface area contributed by atoms with Gasteiger partial charge >= 0.3 is 0 Å². The van der Waals surface area contributed by atoms with E-state index in [0.717, 1.165) is 37.7 Å². The van der Waals surface area contributed by atoms with E-state index in [9.17, 15) is 0 Å².